The van der Waals surface area contributed by atoms with Crippen LogP contribution in [-0.4, -0.2) is 6.47 Å². The van der Waals surface area contributed by atoms with E-state index in [1.54, 1.807) is 18.2 Å². The summed E-state index contributed by atoms with van der Waals surface area (Å²) in [5.41, 5.74) is 1.05. The molecule has 0 heterocycles. The number of rotatable bonds is 5. The van der Waals surface area contributed by atoms with Gasteiger partial charge in [0.2, 0.25) is 0 Å². The number of benzene rings is 2. The van der Waals surface area contributed by atoms with Gasteiger partial charge in [-0.15, -0.1) is 0 Å². The van der Waals surface area contributed by atoms with Gasteiger partial charge >= 0.3 is 6.47 Å². The van der Waals surface area contributed by atoms with Crippen LogP contribution in [0, 0.1) is 0 Å². The van der Waals surface area contributed by atoms with Gasteiger partial charge in [-0.3, -0.25) is 0 Å². The summed E-state index contributed by atoms with van der Waals surface area (Å²) in [6.45, 7) is 1.82. The molecule has 0 aliphatic heterocycles. The van der Waals surface area contributed by atoms with E-state index < -0.39 is 0 Å². The van der Waals surface area contributed by atoms with Crippen LogP contribution in [0.2, 0.25) is 0 Å². The fraction of sp³-hybridized carbons (Fsp3) is 0.0714. The monoisotopic (exact) mass is 227 g/mol. The molecule has 0 aliphatic carbocycles. The van der Waals surface area contributed by atoms with Crippen molar-refractivity contribution in [2.24, 2.45) is 0 Å². The lowest BCUT2D eigenvalue weighted by molar-refractivity contribution is 0.293. The molecule has 0 amide bonds. The number of ether oxygens (including phenoxy) is 2. The summed E-state index contributed by atoms with van der Waals surface area (Å²) in [7, 11) is 0. The van der Waals surface area contributed by atoms with Crippen LogP contribution in [0.15, 0.2) is 54.6 Å². The van der Waals surface area contributed by atoms with E-state index in [9.17, 15) is 4.79 Å². The smallest absolute Gasteiger partial charge is 0.423 e. The molecule has 0 bridgehead atoms. The Kier molecular flexibility index (Phi) is 3.76. The van der Waals surface area contributed by atoms with E-state index in [0.29, 0.717) is 18.1 Å². The highest BCUT2D eigenvalue weighted by Crippen LogP contribution is 2.26. The summed E-state index contributed by atoms with van der Waals surface area (Å²) in [4.78, 5) is 10.2. The molecular weight excluding hydrogens is 216 g/mol. The van der Waals surface area contributed by atoms with Crippen molar-refractivity contribution in [3.63, 3.8) is 0 Å². The van der Waals surface area contributed by atoms with E-state index in [2.05, 4.69) is 0 Å². The molecule has 0 N–H and O–H groups in total. The minimum Gasteiger partial charge on any atom is -0.485 e. The predicted octanol–water partition coefficient (Wildman–Crippen LogP) is 2.71. The van der Waals surface area contributed by atoms with Crippen molar-refractivity contribution >= 4 is 6.47 Å². The molecule has 0 saturated carbocycles. The zero-order chi connectivity index (χ0) is 11.9. The molecule has 3 nitrogen and oxygen atoms in total. The van der Waals surface area contributed by atoms with Gasteiger partial charge in [-0.05, 0) is 17.7 Å². The third-order valence-electron chi connectivity index (χ3n) is 2.24. The standard InChI is InChI=1S/C14H11O3/c15-11-17-14-9-5-4-8-13(14)16-10-12-6-2-1-3-7-12/h1-9H,10H2. The fourth-order valence-corrected chi connectivity index (χ4v) is 1.43. The van der Waals surface area contributed by atoms with Gasteiger partial charge in [0.1, 0.15) is 6.61 Å². The van der Waals surface area contributed by atoms with Gasteiger partial charge < -0.3 is 9.47 Å². The first-order valence-electron chi connectivity index (χ1n) is 5.20. The Morgan fingerprint density at radius 1 is 0.882 bits per heavy atom. The minimum absolute atomic E-state index is 0.374. The topological polar surface area (TPSA) is 35.5 Å². The van der Waals surface area contributed by atoms with Gasteiger partial charge in [0.05, 0.1) is 0 Å². The molecule has 85 valence electrons. The maximum atomic E-state index is 10.2. The van der Waals surface area contributed by atoms with Gasteiger partial charge in [0.25, 0.3) is 0 Å². The Bertz CT molecular complexity index is 480. The average molecular weight is 227 g/mol. The normalized spacial score (nSPS) is 9.65. The minimum atomic E-state index is 0.374. The predicted molar refractivity (Wildman–Crippen MR) is 63.5 cm³/mol. The SMILES string of the molecule is O=[C]Oc1ccccc1OCc1ccccc1. The molecule has 2 aromatic rings. The Morgan fingerprint density at radius 3 is 2.24 bits per heavy atom. The Morgan fingerprint density at radius 2 is 1.53 bits per heavy atom. The second-order valence-corrected chi connectivity index (χ2v) is 3.41. The number of hydrogen-bond acceptors (Lipinski definition) is 3. The van der Waals surface area contributed by atoms with Crippen LogP contribution in [0.1, 0.15) is 5.56 Å². The van der Waals surface area contributed by atoms with Crippen molar-refractivity contribution in [3.8, 4) is 11.5 Å². The maximum absolute atomic E-state index is 10.2. The molecule has 0 aromatic heterocycles. The summed E-state index contributed by atoms with van der Waals surface area (Å²) < 4.78 is 10.3. The maximum Gasteiger partial charge on any atom is 0.423 e. The van der Waals surface area contributed by atoms with Gasteiger partial charge in [0, 0.05) is 0 Å². The highest BCUT2D eigenvalue weighted by Gasteiger charge is 2.04. The number of carbonyl (C=O) groups excluding carboxylic acids is 1. The molecule has 0 unspecified atom stereocenters. The van der Waals surface area contributed by atoms with Crippen LogP contribution < -0.4 is 9.47 Å². The van der Waals surface area contributed by atoms with E-state index in [-0.39, 0.29) is 0 Å². The lowest BCUT2D eigenvalue weighted by Gasteiger charge is -2.08. The van der Waals surface area contributed by atoms with Gasteiger partial charge in [-0.1, -0.05) is 42.5 Å². The number of hydrogen-bond donors (Lipinski definition) is 0. The highest BCUT2D eigenvalue weighted by atomic mass is 16.5. The summed E-state index contributed by atoms with van der Waals surface area (Å²) in [6, 6.07) is 16.8. The molecule has 2 aromatic carbocycles. The van der Waals surface area contributed by atoms with Crippen molar-refractivity contribution in [1.82, 2.24) is 0 Å². The second kappa shape index (κ2) is 5.70. The lowest BCUT2D eigenvalue weighted by Crippen LogP contribution is -1.98. The van der Waals surface area contributed by atoms with E-state index >= 15 is 0 Å². The van der Waals surface area contributed by atoms with Crippen molar-refractivity contribution < 1.29 is 14.3 Å². The van der Waals surface area contributed by atoms with Crippen LogP contribution in [0.3, 0.4) is 0 Å². The van der Waals surface area contributed by atoms with Crippen molar-refractivity contribution in [2.45, 2.75) is 6.61 Å². The quantitative estimate of drug-likeness (QED) is 0.787. The summed E-state index contributed by atoms with van der Waals surface area (Å²) in [5, 5.41) is 0. The van der Waals surface area contributed by atoms with E-state index in [0.717, 1.165) is 5.56 Å². The first kappa shape index (κ1) is 11.2. The van der Waals surface area contributed by atoms with Crippen LogP contribution in [0.5, 0.6) is 11.5 Å². The molecule has 3 heteroatoms. The molecule has 17 heavy (non-hydrogen) atoms. The third-order valence-corrected chi connectivity index (χ3v) is 2.24. The summed E-state index contributed by atoms with van der Waals surface area (Å²) in [6.07, 6.45) is 0. The molecule has 1 radical (unpaired) electrons. The van der Waals surface area contributed by atoms with Gasteiger partial charge in [0.15, 0.2) is 11.5 Å². The molecule has 0 aliphatic rings. The van der Waals surface area contributed by atoms with Crippen LogP contribution in [-0.2, 0) is 11.4 Å². The fourth-order valence-electron chi connectivity index (χ4n) is 1.43. The molecule has 0 saturated heterocycles. The summed E-state index contributed by atoms with van der Waals surface area (Å²) >= 11 is 0. The number of para-hydroxylation sites is 2. The van der Waals surface area contributed by atoms with E-state index in [4.69, 9.17) is 9.47 Å². The van der Waals surface area contributed by atoms with E-state index in [1.165, 1.54) is 6.47 Å². The van der Waals surface area contributed by atoms with Gasteiger partial charge in [-0.25, -0.2) is 4.79 Å². The molecule has 0 spiro atoms. The molecule has 2 rings (SSSR count). The van der Waals surface area contributed by atoms with Gasteiger partial charge in [-0.2, -0.15) is 0 Å². The summed E-state index contributed by atoms with van der Waals surface area (Å²) in [5.74, 6) is 0.901. The van der Waals surface area contributed by atoms with Crippen molar-refractivity contribution in [3.05, 3.63) is 60.2 Å². The first-order valence-corrected chi connectivity index (χ1v) is 5.20. The molecular formula is C14H11O3. The largest absolute Gasteiger partial charge is 0.485 e. The van der Waals surface area contributed by atoms with Crippen LogP contribution >= 0.6 is 0 Å². The zero-order valence-corrected chi connectivity index (χ0v) is 9.13. The zero-order valence-electron chi connectivity index (χ0n) is 9.13. The van der Waals surface area contributed by atoms with Crippen molar-refractivity contribution in [2.75, 3.05) is 0 Å². The highest BCUT2D eigenvalue weighted by molar-refractivity contribution is 5.51. The van der Waals surface area contributed by atoms with Crippen LogP contribution in [0.25, 0.3) is 0 Å². The Balaban J connectivity index is 2.06. The van der Waals surface area contributed by atoms with E-state index in [1.807, 2.05) is 36.4 Å². The van der Waals surface area contributed by atoms with Crippen LogP contribution in [0.4, 0.5) is 0 Å². The molecule has 0 atom stereocenters. The first-order chi connectivity index (χ1) is 8.40. The molecule has 0 fully saturated rings. The average Bonchev–Trinajstić information content (AvgIpc) is 2.39. The Labute approximate surface area is 99.6 Å². The Hall–Kier alpha value is -2.29. The lowest BCUT2D eigenvalue weighted by atomic mass is 10.2. The van der Waals surface area contributed by atoms with Crippen molar-refractivity contribution in [1.29, 1.82) is 0 Å². The second-order valence-electron chi connectivity index (χ2n) is 3.41. The third kappa shape index (κ3) is 3.08.